The van der Waals surface area contributed by atoms with E-state index in [9.17, 15) is 9.59 Å². The van der Waals surface area contributed by atoms with Crippen LogP contribution in [-0.2, 0) is 31.0 Å². The summed E-state index contributed by atoms with van der Waals surface area (Å²) in [5.74, 6) is 0.0556. The third-order valence-electron chi connectivity index (χ3n) is 6.14. The highest BCUT2D eigenvalue weighted by Gasteiger charge is 2.22. The third kappa shape index (κ3) is 10.2. The average Bonchev–Trinajstić information content (AvgIpc) is 2.85. The predicted molar refractivity (Wildman–Crippen MR) is 145 cm³/mol. The highest BCUT2D eigenvalue weighted by Crippen LogP contribution is 2.32. The zero-order valence-corrected chi connectivity index (χ0v) is 22.6. The molecule has 1 unspecified atom stereocenters. The van der Waals surface area contributed by atoms with Gasteiger partial charge in [-0.05, 0) is 40.5 Å². The first kappa shape index (κ1) is 29.7. The minimum atomic E-state index is -0.161. The van der Waals surface area contributed by atoms with Gasteiger partial charge in [0.15, 0.2) is 0 Å². The number of anilines is 1. The fourth-order valence-electron chi connectivity index (χ4n) is 4.20. The average molecular weight is 498 g/mol. The number of carbonyl (C=O) groups is 2. The number of methoxy groups -OCH3 is 1. The van der Waals surface area contributed by atoms with Gasteiger partial charge in [-0.25, -0.2) is 0 Å². The second kappa shape index (κ2) is 15.5. The van der Waals surface area contributed by atoms with Crippen LogP contribution >= 0.6 is 0 Å². The van der Waals surface area contributed by atoms with Crippen LogP contribution in [0.3, 0.4) is 0 Å². The van der Waals surface area contributed by atoms with Gasteiger partial charge in [-0.1, -0.05) is 83.4 Å². The van der Waals surface area contributed by atoms with Crippen molar-refractivity contribution in [3.63, 3.8) is 0 Å². The summed E-state index contributed by atoms with van der Waals surface area (Å²) < 4.78 is 16.0. The molecule has 0 fully saturated rings. The minimum Gasteiger partial charge on any atom is -0.382 e. The van der Waals surface area contributed by atoms with E-state index >= 15 is 0 Å². The quantitative estimate of drug-likeness (QED) is 0.160. The summed E-state index contributed by atoms with van der Waals surface area (Å²) in [6, 6.07) is 13.8. The number of hydrogen-bond donors (Lipinski definition) is 1. The summed E-state index contributed by atoms with van der Waals surface area (Å²) in [6.07, 6.45) is 5.45. The van der Waals surface area contributed by atoms with Crippen molar-refractivity contribution < 1.29 is 23.8 Å². The number of benzene rings is 2. The van der Waals surface area contributed by atoms with E-state index < -0.39 is 0 Å². The van der Waals surface area contributed by atoms with Gasteiger partial charge in [0, 0.05) is 24.8 Å². The van der Waals surface area contributed by atoms with Crippen LogP contribution in [0.5, 0.6) is 0 Å². The normalized spacial score (nSPS) is 12.4. The van der Waals surface area contributed by atoms with Gasteiger partial charge in [0.1, 0.15) is 13.1 Å². The summed E-state index contributed by atoms with van der Waals surface area (Å²) in [7, 11) is 1.64. The molecular weight excluding hydrogens is 454 g/mol. The summed E-state index contributed by atoms with van der Waals surface area (Å²) >= 11 is 0. The summed E-state index contributed by atoms with van der Waals surface area (Å²) in [5.41, 5.74) is 4.30. The molecule has 0 saturated carbocycles. The number of nitrogens with one attached hydrogen (secondary N) is 1. The van der Waals surface area contributed by atoms with E-state index in [-0.39, 0.29) is 24.0 Å². The smallest absolute Gasteiger partial charge is 0.224 e. The Morgan fingerprint density at radius 3 is 2.56 bits per heavy atom. The van der Waals surface area contributed by atoms with Gasteiger partial charge < -0.3 is 19.5 Å². The fraction of sp³-hybridized carbons (Fsp3) is 0.533. The first-order valence-electron chi connectivity index (χ1n) is 12.9. The van der Waals surface area contributed by atoms with E-state index in [1.54, 1.807) is 19.2 Å². The van der Waals surface area contributed by atoms with Crippen molar-refractivity contribution in [2.75, 3.05) is 32.4 Å². The van der Waals surface area contributed by atoms with E-state index in [0.717, 1.165) is 48.7 Å². The maximum absolute atomic E-state index is 13.2. The molecule has 2 rings (SSSR count). The SMILES string of the molecule is CCCCCC(CC(=O)Nc1cc(C=O)ccc1C(C)(C)C)c1cccc(COCOCCOC)c1. The third-order valence-corrected chi connectivity index (χ3v) is 6.14. The Bertz CT molecular complexity index is 951. The lowest BCUT2D eigenvalue weighted by molar-refractivity contribution is -0.116. The van der Waals surface area contributed by atoms with Crippen LogP contribution < -0.4 is 5.32 Å². The molecule has 2 aromatic rings. The van der Waals surface area contributed by atoms with Crippen molar-refractivity contribution in [2.45, 2.75) is 77.7 Å². The van der Waals surface area contributed by atoms with Crippen LogP contribution in [0.1, 0.15) is 92.8 Å². The molecule has 0 aliphatic carbocycles. The molecule has 0 radical (unpaired) electrons. The van der Waals surface area contributed by atoms with E-state index in [4.69, 9.17) is 14.2 Å². The lowest BCUT2D eigenvalue weighted by Gasteiger charge is -2.24. The molecule has 0 aliphatic heterocycles. The van der Waals surface area contributed by atoms with Crippen molar-refractivity contribution in [1.82, 2.24) is 0 Å². The van der Waals surface area contributed by atoms with Crippen LogP contribution in [0.15, 0.2) is 42.5 Å². The zero-order valence-electron chi connectivity index (χ0n) is 22.6. The Morgan fingerprint density at radius 1 is 1.06 bits per heavy atom. The Morgan fingerprint density at radius 2 is 1.86 bits per heavy atom. The molecule has 36 heavy (non-hydrogen) atoms. The van der Waals surface area contributed by atoms with Crippen LogP contribution in [0, 0.1) is 0 Å². The van der Waals surface area contributed by atoms with Crippen molar-refractivity contribution in [3.05, 3.63) is 64.7 Å². The van der Waals surface area contributed by atoms with Crippen LogP contribution in [0.4, 0.5) is 5.69 Å². The van der Waals surface area contributed by atoms with E-state index in [1.807, 2.05) is 18.2 Å². The largest absolute Gasteiger partial charge is 0.382 e. The van der Waals surface area contributed by atoms with Gasteiger partial charge in [-0.2, -0.15) is 0 Å². The molecule has 1 atom stereocenters. The molecule has 6 heteroatoms. The highest BCUT2D eigenvalue weighted by atomic mass is 16.7. The van der Waals surface area contributed by atoms with Crippen LogP contribution in [0.2, 0.25) is 0 Å². The molecule has 1 N–H and O–H groups in total. The Balaban J connectivity index is 2.12. The molecule has 0 bridgehead atoms. The topological polar surface area (TPSA) is 73.9 Å². The Hall–Kier alpha value is -2.54. The van der Waals surface area contributed by atoms with Gasteiger partial charge >= 0.3 is 0 Å². The molecular formula is C30H43NO5. The van der Waals surface area contributed by atoms with Gasteiger partial charge in [0.05, 0.1) is 19.8 Å². The molecule has 2 aromatic carbocycles. The van der Waals surface area contributed by atoms with Gasteiger partial charge in [-0.15, -0.1) is 0 Å². The fourth-order valence-corrected chi connectivity index (χ4v) is 4.20. The molecule has 198 valence electrons. The molecule has 1 amide bonds. The predicted octanol–water partition coefficient (Wildman–Crippen LogP) is 6.63. The number of unbranched alkanes of at least 4 members (excludes halogenated alkanes) is 2. The van der Waals surface area contributed by atoms with E-state index in [0.29, 0.717) is 37.5 Å². The zero-order chi connectivity index (χ0) is 26.4. The highest BCUT2D eigenvalue weighted by molar-refractivity contribution is 5.93. The van der Waals surface area contributed by atoms with Crippen molar-refractivity contribution >= 4 is 17.9 Å². The van der Waals surface area contributed by atoms with Crippen LogP contribution in [0.25, 0.3) is 0 Å². The number of rotatable bonds is 16. The molecule has 0 aromatic heterocycles. The molecule has 0 saturated heterocycles. The Labute approximate surface area is 216 Å². The van der Waals surface area contributed by atoms with E-state index in [1.165, 1.54) is 0 Å². The first-order chi connectivity index (χ1) is 17.3. The van der Waals surface area contributed by atoms with Crippen molar-refractivity contribution in [3.8, 4) is 0 Å². The monoisotopic (exact) mass is 497 g/mol. The van der Waals surface area contributed by atoms with Gasteiger partial charge in [0.25, 0.3) is 0 Å². The maximum Gasteiger partial charge on any atom is 0.224 e. The molecule has 0 spiro atoms. The molecule has 6 nitrogen and oxygen atoms in total. The molecule has 0 heterocycles. The van der Waals surface area contributed by atoms with Crippen LogP contribution in [-0.4, -0.2) is 39.3 Å². The standard InChI is InChI=1S/C30H43NO5/c1-6-7-8-11-26(25-12-9-10-24(17-25)21-36-22-35-16-15-34-5)19-29(33)31-28-18-23(20-32)13-14-27(28)30(2,3)4/h9-10,12-14,17-18,20,26H,6-8,11,15-16,19,21-22H2,1-5H3,(H,31,33). The second-order valence-electron chi connectivity index (χ2n) is 10.2. The second-order valence-corrected chi connectivity index (χ2v) is 10.2. The number of amides is 1. The summed E-state index contributed by atoms with van der Waals surface area (Å²) in [4.78, 5) is 24.6. The number of ether oxygens (including phenoxy) is 3. The number of carbonyl (C=O) groups excluding carboxylic acids is 2. The first-order valence-corrected chi connectivity index (χ1v) is 12.9. The number of aldehydes is 1. The maximum atomic E-state index is 13.2. The lowest BCUT2D eigenvalue weighted by Crippen LogP contribution is -2.20. The van der Waals surface area contributed by atoms with Crippen molar-refractivity contribution in [1.29, 1.82) is 0 Å². The van der Waals surface area contributed by atoms with E-state index in [2.05, 4.69) is 45.1 Å². The minimum absolute atomic E-state index is 0.0433. The van der Waals surface area contributed by atoms with Gasteiger partial charge in [0.2, 0.25) is 5.91 Å². The number of hydrogen-bond acceptors (Lipinski definition) is 5. The Kier molecular flexibility index (Phi) is 12.8. The summed E-state index contributed by atoms with van der Waals surface area (Å²) in [6.45, 7) is 10.2. The lowest BCUT2D eigenvalue weighted by atomic mass is 9.85. The van der Waals surface area contributed by atoms with Crippen molar-refractivity contribution in [2.24, 2.45) is 0 Å². The summed E-state index contributed by atoms with van der Waals surface area (Å²) in [5, 5.41) is 3.11. The molecule has 0 aliphatic rings. The van der Waals surface area contributed by atoms with Gasteiger partial charge in [-0.3, -0.25) is 9.59 Å².